The first kappa shape index (κ1) is 10.7. The molecule has 0 aliphatic heterocycles. The maximum Gasteiger partial charge on any atom is 0.0385 e. The van der Waals surface area contributed by atoms with Gasteiger partial charge in [-0.3, -0.25) is 4.99 Å². The SMILES string of the molecule is CCCCCN=CC(C)(C)C. The van der Waals surface area contributed by atoms with Gasteiger partial charge in [-0.2, -0.15) is 0 Å². The fourth-order valence-electron chi connectivity index (χ4n) is 0.792. The van der Waals surface area contributed by atoms with Crippen LogP contribution in [0.1, 0.15) is 47.0 Å². The molecule has 0 aliphatic carbocycles. The second-order valence-corrected chi connectivity index (χ2v) is 4.11. The van der Waals surface area contributed by atoms with Crippen molar-refractivity contribution in [2.75, 3.05) is 6.54 Å². The Balaban J connectivity index is 3.30. The Labute approximate surface area is 70.9 Å². The van der Waals surface area contributed by atoms with Crippen LogP contribution < -0.4 is 0 Å². The molecular formula is C10H21N. The average molecular weight is 155 g/mol. The van der Waals surface area contributed by atoms with Gasteiger partial charge in [0, 0.05) is 12.8 Å². The molecule has 0 saturated carbocycles. The van der Waals surface area contributed by atoms with E-state index in [0.29, 0.717) is 0 Å². The van der Waals surface area contributed by atoms with E-state index in [-0.39, 0.29) is 5.41 Å². The molecule has 66 valence electrons. The second-order valence-electron chi connectivity index (χ2n) is 4.11. The molecule has 0 heterocycles. The van der Waals surface area contributed by atoms with Crippen molar-refractivity contribution < 1.29 is 0 Å². The molecule has 0 N–H and O–H groups in total. The van der Waals surface area contributed by atoms with Crippen LogP contribution in [-0.2, 0) is 0 Å². The first-order chi connectivity index (χ1) is 5.06. The molecule has 0 saturated heterocycles. The minimum absolute atomic E-state index is 0.256. The van der Waals surface area contributed by atoms with E-state index >= 15 is 0 Å². The van der Waals surface area contributed by atoms with Gasteiger partial charge in [0.05, 0.1) is 0 Å². The van der Waals surface area contributed by atoms with Gasteiger partial charge >= 0.3 is 0 Å². The predicted molar refractivity (Wildman–Crippen MR) is 52.3 cm³/mol. The number of hydrogen-bond donors (Lipinski definition) is 0. The summed E-state index contributed by atoms with van der Waals surface area (Å²) in [6.45, 7) is 9.75. The van der Waals surface area contributed by atoms with E-state index in [9.17, 15) is 0 Å². The molecule has 0 spiro atoms. The Kier molecular flexibility index (Phi) is 5.18. The molecule has 0 rings (SSSR count). The van der Waals surface area contributed by atoms with E-state index in [1.807, 2.05) is 0 Å². The Morgan fingerprint density at radius 2 is 1.82 bits per heavy atom. The zero-order valence-corrected chi connectivity index (χ0v) is 8.35. The van der Waals surface area contributed by atoms with E-state index in [2.05, 4.69) is 38.9 Å². The van der Waals surface area contributed by atoms with Gasteiger partial charge in [-0.25, -0.2) is 0 Å². The number of unbranched alkanes of at least 4 members (excludes halogenated alkanes) is 2. The van der Waals surface area contributed by atoms with Gasteiger partial charge in [-0.05, 0) is 11.8 Å². The van der Waals surface area contributed by atoms with Crippen LogP contribution in [0.25, 0.3) is 0 Å². The summed E-state index contributed by atoms with van der Waals surface area (Å²) in [5.41, 5.74) is 0.256. The summed E-state index contributed by atoms with van der Waals surface area (Å²) < 4.78 is 0. The lowest BCUT2D eigenvalue weighted by Crippen LogP contribution is -2.06. The fourth-order valence-corrected chi connectivity index (χ4v) is 0.792. The van der Waals surface area contributed by atoms with Gasteiger partial charge in [0.1, 0.15) is 0 Å². The summed E-state index contributed by atoms with van der Waals surface area (Å²) in [4.78, 5) is 4.36. The minimum atomic E-state index is 0.256. The maximum atomic E-state index is 4.36. The van der Waals surface area contributed by atoms with Crippen LogP contribution in [0.3, 0.4) is 0 Å². The van der Waals surface area contributed by atoms with E-state index in [0.717, 1.165) is 6.54 Å². The average Bonchev–Trinajstić information content (AvgIpc) is 1.85. The number of nitrogens with zero attached hydrogens (tertiary/aromatic N) is 1. The fraction of sp³-hybridized carbons (Fsp3) is 0.900. The van der Waals surface area contributed by atoms with Crippen molar-refractivity contribution >= 4 is 6.21 Å². The highest BCUT2D eigenvalue weighted by Crippen LogP contribution is 2.08. The van der Waals surface area contributed by atoms with E-state index in [4.69, 9.17) is 0 Å². The smallest absolute Gasteiger partial charge is 0.0385 e. The third-order valence-corrected chi connectivity index (χ3v) is 1.37. The molecule has 11 heavy (non-hydrogen) atoms. The molecule has 0 aromatic heterocycles. The lowest BCUT2D eigenvalue weighted by molar-refractivity contribution is 0.601. The van der Waals surface area contributed by atoms with E-state index in [1.165, 1.54) is 19.3 Å². The normalized spacial score (nSPS) is 12.7. The summed E-state index contributed by atoms with van der Waals surface area (Å²) in [7, 11) is 0. The quantitative estimate of drug-likeness (QED) is 0.436. The highest BCUT2D eigenvalue weighted by atomic mass is 14.7. The molecular weight excluding hydrogens is 134 g/mol. The predicted octanol–water partition coefficient (Wildman–Crippen LogP) is 3.29. The van der Waals surface area contributed by atoms with Gasteiger partial charge in [-0.15, -0.1) is 0 Å². The van der Waals surface area contributed by atoms with Gasteiger partial charge in [-0.1, -0.05) is 40.5 Å². The topological polar surface area (TPSA) is 12.4 Å². The Hall–Kier alpha value is -0.330. The van der Waals surface area contributed by atoms with Crippen LogP contribution in [0.4, 0.5) is 0 Å². The highest BCUT2D eigenvalue weighted by Gasteiger charge is 2.03. The molecule has 0 atom stereocenters. The number of rotatable bonds is 4. The molecule has 0 aliphatic rings. The Morgan fingerprint density at radius 1 is 1.18 bits per heavy atom. The maximum absolute atomic E-state index is 4.36. The molecule has 1 heteroatoms. The summed E-state index contributed by atoms with van der Waals surface area (Å²) in [5, 5.41) is 0. The summed E-state index contributed by atoms with van der Waals surface area (Å²) in [6, 6.07) is 0. The van der Waals surface area contributed by atoms with Crippen molar-refractivity contribution in [2.24, 2.45) is 10.4 Å². The van der Waals surface area contributed by atoms with Crippen LogP contribution in [0, 0.1) is 5.41 Å². The summed E-state index contributed by atoms with van der Waals surface area (Å²) in [6.07, 6.45) is 5.89. The van der Waals surface area contributed by atoms with Crippen molar-refractivity contribution in [2.45, 2.75) is 47.0 Å². The number of aliphatic imine (C=N–C) groups is 1. The lowest BCUT2D eigenvalue weighted by atomic mass is 9.99. The Morgan fingerprint density at radius 3 is 2.27 bits per heavy atom. The van der Waals surface area contributed by atoms with Crippen LogP contribution >= 0.6 is 0 Å². The van der Waals surface area contributed by atoms with E-state index in [1.54, 1.807) is 0 Å². The van der Waals surface area contributed by atoms with Crippen molar-refractivity contribution in [1.29, 1.82) is 0 Å². The molecule has 0 bridgehead atoms. The first-order valence-electron chi connectivity index (χ1n) is 4.57. The molecule has 0 fully saturated rings. The van der Waals surface area contributed by atoms with Gasteiger partial charge in [0.15, 0.2) is 0 Å². The van der Waals surface area contributed by atoms with Crippen molar-refractivity contribution in [3.63, 3.8) is 0 Å². The molecule has 0 amide bonds. The van der Waals surface area contributed by atoms with Crippen LogP contribution in [0.5, 0.6) is 0 Å². The highest BCUT2D eigenvalue weighted by molar-refractivity contribution is 5.63. The van der Waals surface area contributed by atoms with Crippen molar-refractivity contribution in [3.05, 3.63) is 0 Å². The standard InChI is InChI=1S/C10H21N/c1-5-6-7-8-11-9-10(2,3)4/h9H,5-8H2,1-4H3. The summed E-state index contributed by atoms with van der Waals surface area (Å²) in [5.74, 6) is 0. The second kappa shape index (κ2) is 5.34. The van der Waals surface area contributed by atoms with Crippen molar-refractivity contribution in [3.8, 4) is 0 Å². The zero-order chi connectivity index (χ0) is 8.74. The van der Waals surface area contributed by atoms with Crippen LogP contribution in [-0.4, -0.2) is 12.8 Å². The first-order valence-corrected chi connectivity index (χ1v) is 4.57. The molecule has 0 radical (unpaired) electrons. The van der Waals surface area contributed by atoms with Crippen molar-refractivity contribution in [1.82, 2.24) is 0 Å². The molecule has 1 nitrogen and oxygen atoms in total. The van der Waals surface area contributed by atoms with Gasteiger partial charge in [0.25, 0.3) is 0 Å². The molecule has 0 aromatic rings. The largest absolute Gasteiger partial charge is 0.297 e. The zero-order valence-electron chi connectivity index (χ0n) is 8.35. The van der Waals surface area contributed by atoms with Gasteiger partial charge < -0.3 is 0 Å². The third kappa shape index (κ3) is 9.67. The lowest BCUT2D eigenvalue weighted by Gasteiger charge is -2.09. The molecule has 0 unspecified atom stereocenters. The van der Waals surface area contributed by atoms with Crippen LogP contribution in [0.2, 0.25) is 0 Å². The van der Waals surface area contributed by atoms with Gasteiger partial charge in [0.2, 0.25) is 0 Å². The Bertz CT molecular complexity index is 109. The summed E-state index contributed by atoms with van der Waals surface area (Å²) >= 11 is 0. The molecule has 0 aromatic carbocycles. The monoisotopic (exact) mass is 155 g/mol. The van der Waals surface area contributed by atoms with Crippen LogP contribution in [0.15, 0.2) is 4.99 Å². The third-order valence-electron chi connectivity index (χ3n) is 1.37. The number of hydrogen-bond acceptors (Lipinski definition) is 1. The minimum Gasteiger partial charge on any atom is -0.297 e. The van der Waals surface area contributed by atoms with E-state index < -0.39 is 0 Å².